The van der Waals surface area contributed by atoms with Crippen molar-refractivity contribution in [2.24, 2.45) is 5.92 Å². The van der Waals surface area contributed by atoms with Gasteiger partial charge in [-0.2, -0.15) is 4.98 Å². The van der Waals surface area contributed by atoms with E-state index in [-0.39, 0.29) is 18.3 Å². The summed E-state index contributed by atoms with van der Waals surface area (Å²) in [5.41, 5.74) is 0.431. The van der Waals surface area contributed by atoms with Crippen molar-refractivity contribution in [3.63, 3.8) is 0 Å². The average Bonchev–Trinajstić information content (AvgIpc) is 2.84. The lowest BCUT2D eigenvalue weighted by Crippen LogP contribution is -2.30. The molecule has 0 saturated heterocycles. The Balaban J connectivity index is 1.83. The number of nitrogens with one attached hydrogen (secondary N) is 1. The first kappa shape index (κ1) is 17.1. The lowest BCUT2D eigenvalue weighted by Gasteiger charge is -2.13. The van der Waals surface area contributed by atoms with Crippen LogP contribution in [-0.4, -0.2) is 34.5 Å². The monoisotopic (exact) mass is 320 g/mol. The Hall–Kier alpha value is -2.28. The van der Waals surface area contributed by atoms with Crippen LogP contribution >= 0.6 is 0 Å². The molecule has 0 atom stereocenters. The predicted molar refractivity (Wildman–Crippen MR) is 84.2 cm³/mol. The zero-order valence-corrected chi connectivity index (χ0v) is 13.5. The molecule has 7 heteroatoms. The van der Waals surface area contributed by atoms with Gasteiger partial charge in [0.25, 0.3) is 0 Å². The number of amides is 1. The van der Waals surface area contributed by atoms with Crippen molar-refractivity contribution >= 4 is 11.6 Å². The fourth-order valence-electron chi connectivity index (χ4n) is 2.10. The van der Waals surface area contributed by atoms with Gasteiger partial charge in [0.2, 0.25) is 11.8 Å². The summed E-state index contributed by atoms with van der Waals surface area (Å²) < 4.78 is 18.2. The third-order valence-corrected chi connectivity index (χ3v) is 3.03. The lowest BCUT2D eigenvalue weighted by atomic mass is 10.1. The number of carbonyl (C=O) groups is 1. The predicted octanol–water partition coefficient (Wildman–Crippen LogP) is 2.48. The van der Waals surface area contributed by atoms with E-state index in [0.717, 1.165) is 6.42 Å². The molecule has 2 rings (SSSR count). The van der Waals surface area contributed by atoms with Gasteiger partial charge >= 0.3 is 0 Å². The number of nitrogens with zero attached hydrogens (tertiary/aromatic N) is 3. The van der Waals surface area contributed by atoms with Crippen molar-refractivity contribution in [3.8, 4) is 0 Å². The number of aromatic nitrogens is 2. The Morgan fingerprint density at radius 3 is 2.91 bits per heavy atom. The van der Waals surface area contributed by atoms with E-state index in [1.807, 2.05) is 0 Å². The number of carbonyl (C=O) groups excluding carboxylic acids is 1. The zero-order valence-electron chi connectivity index (χ0n) is 13.5. The second kappa shape index (κ2) is 7.82. The first-order valence-electron chi connectivity index (χ1n) is 7.48. The first-order chi connectivity index (χ1) is 10.9. The number of hydrogen-bond donors (Lipinski definition) is 1. The molecule has 0 fully saturated rings. The van der Waals surface area contributed by atoms with E-state index in [2.05, 4.69) is 29.3 Å². The van der Waals surface area contributed by atoms with Crippen LogP contribution in [0.25, 0.3) is 0 Å². The third kappa shape index (κ3) is 5.78. The van der Waals surface area contributed by atoms with Crippen molar-refractivity contribution in [3.05, 3.63) is 41.8 Å². The van der Waals surface area contributed by atoms with E-state index in [0.29, 0.717) is 29.9 Å². The quantitative estimate of drug-likeness (QED) is 0.848. The molecule has 6 nitrogen and oxygen atoms in total. The summed E-state index contributed by atoms with van der Waals surface area (Å²) >= 11 is 0. The van der Waals surface area contributed by atoms with Crippen molar-refractivity contribution < 1.29 is 13.7 Å². The summed E-state index contributed by atoms with van der Waals surface area (Å²) in [6.45, 7) is 4.68. The summed E-state index contributed by atoms with van der Waals surface area (Å²) in [5, 5.41) is 6.55. The second-order valence-electron chi connectivity index (χ2n) is 5.93. The van der Waals surface area contributed by atoms with Gasteiger partial charge in [0.1, 0.15) is 5.82 Å². The van der Waals surface area contributed by atoms with Gasteiger partial charge in [-0.15, -0.1) is 0 Å². The van der Waals surface area contributed by atoms with Gasteiger partial charge in [0, 0.05) is 12.1 Å². The number of hydrogen-bond acceptors (Lipinski definition) is 5. The van der Waals surface area contributed by atoms with Gasteiger partial charge in [-0.3, -0.25) is 9.69 Å². The van der Waals surface area contributed by atoms with E-state index in [4.69, 9.17) is 4.52 Å². The summed E-state index contributed by atoms with van der Waals surface area (Å²) in [4.78, 5) is 18.0. The minimum atomic E-state index is -0.389. The Labute approximate surface area is 134 Å². The fourth-order valence-corrected chi connectivity index (χ4v) is 2.10. The van der Waals surface area contributed by atoms with Crippen LogP contribution in [0.2, 0.25) is 0 Å². The third-order valence-electron chi connectivity index (χ3n) is 3.03. The molecule has 0 saturated carbocycles. The summed E-state index contributed by atoms with van der Waals surface area (Å²) in [7, 11) is 1.78. The molecule has 1 heterocycles. The molecule has 1 N–H and O–H groups in total. The molecule has 1 amide bonds. The van der Waals surface area contributed by atoms with Gasteiger partial charge in [0.05, 0.1) is 13.1 Å². The minimum absolute atomic E-state index is 0.137. The Morgan fingerprint density at radius 2 is 2.22 bits per heavy atom. The Morgan fingerprint density at radius 1 is 1.43 bits per heavy atom. The van der Waals surface area contributed by atoms with Crippen LogP contribution < -0.4 is 5.32 Å². The molecule has 1 aromatic carbocycles. The normalized spacial score (nSPS) is 11.2. The molecule has 0 bridgehead atoms. The van der Waals surface area contributed by atoms with Gasteiger partial charge in [-0.1, -0.05) is 25.1 Å². The number of halogens is 1. The summed E-state index contributed by atoms with van der Waals surface area (Å²) in [6, 6.07) is 5.78. The topological polar surface area (TPSA) is 71.3 Å². The molecule has 124 valence electrons. The lowest BCUT2D eigenvalue weighted by molar-refractivity contribution is -0.117. The van der Waals surface area contributed by atoms with Crippen LogP contribution in [-0.2, 0) is 17.8 Å². The molecule has 23 heavy (non-hydrogen) atoms. The minimum Gasteiger partial charge on any atom is -0.338 e. The molecule has 0 radical (unpaired) electrons. The molecule has 0 aliphatic carbocycles. The van der Waals surface area contributed by atoms with Crippen LogP contribution in [0.1, 0.15) is 25.6 Å². The molecule has 1 aromatic heterocycles. The highest BCUT2D eigenvalue weighted by molar-refractivity contribution is 5.92. The van der Waals surface area contributed by atoms with Crippen molar-refractivity contribution in [1.82, 2.24) is 15.0 Å². The zero-order chi connectivity index (χ0) is 16.8. The largest absolute Gasteiger partial charge is 0.338 e. The van der Waals surface area contributed by atoms with Crippen LogP contribution in [0, 0.1) is 11.7 Å². The smallest absolute Gasteiger partial charge is 0.240 e. The van der Waals surface area contributed by atoms with E-state index in [9.17, 15) is 9.18 Å². The highest BCUT2D eigenvalue weighted by atomic mass is 19.1. The van der Waals surface area contributed by atoms with Crippen molar-refractivity contribution in [1.29, 1.82) is 0 Å². The average molecular weight is 320 g/mol. The fraction of sp³-hybridized carbons (Fsp3) is 0.438. The number of rotatable bonds is 7. The maximum absolute atomic E-state index is 13.1. The molecule has 0 aliphatic rings. The Bertz CT molecular complexity index is 657. The highest BCUT2D eigenvalue weighted by Crippen LogP contribution is 2.09. The SMILES string of the molecule is CC(C)Cc1noc(CN(C)CC(=O)Nc2cccc(F)c2)n1. The van der Waals surface area contributed by atoms with Crippen LogP contribution in [0.4, 0.5) is 10.1 Å². The number of likely N-dealkylation sites (N-methyl/N-ethyl adjacent to an activating group) is 1. The highest BCUT2D eigenvalue weighted by Gasteiger charge is 2.13. The maximum Gasteiger partial charge on any atom is 0.240 e. The van der Waals surface area contributed by atoms with E-state index in [1.165, 1.54) is 12.1 Å². The van der Waals surface area contributed by atoms with E-state index >= 15 is 0 Å². The summed E-state index contributed by atoms with van der Waals surface area (Å²) in [6.07, 6.45) is 0.757. The Kier molecular flexibility index (Phi) is 5.81. The van der Waals surface area contributed by atoms with Crippen molar-refractivity contribution in [2.45, 2.75) is 26.8 Å². The molecule has 0 spiro atoms. The summed E-state index contributed by atoms with van der Waals surface area (Å²) in [5.74, 6) is 0.976. The van der Waals surface area contributed by atoms with E-state index in [1.54, 1.807) is 24.1 Å². The molecule has 2 aromatic rings. The van der Waals surface area contributed by atoms with Crippen LogP contribution in [0.3, 0.4) is 0 Å². The van der Waals surface area contributed by atoms with Gasteiger partial charge in [-0.05, 0) is 31.2 Å². The molecule has 0 unspecified atom stereocenters. The number of anilines is 1. The van der Waals surface area contributed by atoms with Crippen molar-refractivity contribution in [2.75, 3.05) is 18.9 Å². The van der Waals surface area contributed by atoms with E-state index < -0.39 is 0 Å². The molecule has 0 aliphatic heterocycles. The van der Waals surface area contributed by atoms with Gasteiger partial charge in [-0.25, -0.2) is 4.39 Å². The van der Waals surface area contributed by atoms with Crippen LogP contribution in [0.15, 0.2) is 28.8 Å². The molecular formula is C16H21FN4O2. The van der Waals surface area contributed by atoms with Gasteiger partial charge < -0.3 is 9.84 Å². The maximum atomic E-state index is 13.1. The number of benzene rings is 1. The van der Waals surface area contributed by atoms with Crippen LogP contribution in [0.5, 0.6) is 0 Å². The standard InChI is InChI=1S/C16H21FN4O2/c1-11(2)7-14-19-16(23-20-14)10-21(3)9-15(22)18-13-6-4-5-12(17)8-13/h4-6,8,11H,7,9-10H2,1-3H3,(H,18,22). The second-order valence-corrected chi connectivity index (χ2v) is 5.93. The van der Waals surface area contributed by atoms with Gasteiger partial charge in [0.15, 0.2) is 5.82 Å². The molecular weight excluding hydrogens is 299 g/mol. The first-order valence-corrected chi connectivity index (χ1v) is 7.48.